The molecule has 96 valence electrons. The van der Waals surface area contributed by atoms with E-state index in [9.17, 15) is 13.2 Å². The molecule has 1 aromatic heterocycles. The fourth-order valence-electron chi connectivity index (χ4n) is 1.54. The molecule has 0 atom stereocenters. The first-order valence-corrected chi connectivity index (χ1v) is 5.33. The summed E-state index contributed by atoms with van der Waals surface area (Å²) in [6.45, 7) is -0.336. The maximum absolute atomic E-state index is 12.4. The van der Waals surface area contributed by atoms with E-state index in [-0.39, 0.29) is 17.3 Å². The van der Waals surface area contributed by atoms with E-state index in [0.717, 1.165) is 16.9 Å². The van der Waals surface area contributed by atoms with Crippen LogP contribution in [0.15, 0.2) is 30.5 Å². The summed E-state index contributed by atoms with van der Waals surface area (Å²) in [5.74, 6) is 0. The van der Waals surface area contributed by atoms with E-state index in [2.05, 4.69) is 5.10 Å². The highest BCUT2D eigenvalue weighted by molar-refractivity contribution is 6.32. The van der Waals surface area contributed by atoms with Gasteiger partial charge in [0.25, 0.3) is 0 Å². The molecule has 0 saturated heterocycles. The van der Waals surface area contributed by atoms with Gasteiger partial charge in [0.1, 0.15) is 0 Å². The first kappa shape index (κ1) is 12.9. The Balaban J connectivity index is 2.53. The summed E-state index contributed by atoms with van der Waals surface area (Å²) < 4.78 is 38.3. The van der Waals surface area contributed by atoms with E-state index >= 15 is 0 Å². The normalized spacial score (nSPS) is 11.8. The standard InChI is InChI=1S/C11H8ClF3N2O/c12-8-3-1-2-7(6-18)10(8)17-5-4-9(16-17)11(13,14)15/h1-5,18H,6H2. The molecule has 1 N–H and O–H groups in total. The summed E-state index contributed by atoms with van der Waals surface area (Å²) in [6.07, 6.45) is -3.35. The Kier molecular flexibility index (Phi) is 3.32. The molecule has 0 aliphatic heterocycles. The van der Waals surface area contributed by atoms with Crippen LogP contribution >= 0.6 is 11.6 Å². The van der Waals surface area contributed by atoms with Crippen molar-refractivity contribution in [2.75, 3.05) is 0 Å². The highest BCUT2D eigenvalue weighted by Gasteiger charge is 2.33. The van der Waals surface area contributed by atoms with Crippen molar-refractivity contribution >= 4 is 11.6 Å². The third kappa shape index (κ3) is 2.34. The summed E-state index contributed by atoms with van der Waals surface area (Å²) in [7, 11) is 0. The van der Waals surface area contributed by atoms with Crippen molar-refractivity contribution < 1.29 is 18.3 Å². The molecule has 0 amide bonds. The molecule has 1 aromatic carbocycles. The highest BCUT2D eigenvalue weighted by Crippen LogP contribution is 2.30. The summed E-state index contributed by atoms with van der Waals surface area (Å²) in [5.41, 5.74) is -0.359. The maximum atomic E-state index is 12.4. The summed E-state index contributed by atoms with van der Waals surface area (Å²) in [6, 6.07) is 5.54. The largest absolute Gasteiger partial charge is 0.435 e. The lowest BCUT2D eigenvalue weighted by molar-refractivity contribution is -0.141. The SMILES string of the molecule is OCc1cccc(Cl)c1-n1ccc(C(F)(F)F)n1. The molecule has 0 unspecified atom stereocenters. The number of hydrogen-bond acceptors (Lipinski definition) is 2. The number of halogens is 4. The van der Waals surface area contributed by atoms with Crippen molar-refractivity contribution in [2.24, 2.45) is 0 Å². The fourth-order valence-corrected chi connectivity index (χ4v) is 1.82. The Morgan fingerprint density at radius 1 is 1.28 bits per heavy atom. The van der Waals surface area contributed by atoms with Gasteiger partial charge in [-0.2, -0.15) is 18.3 Å². The van der Waals surface area contributed by atoms with Crippen LogP contribution in [0.1, 0.15) is 11.3 Å². The molecule has 18 heavy (non-hydrogen) atoms. The molecule has 0 aliphatic carbocycles. The average molecular weight is 277 g/mol. The van der Waals surface area contributed by atoms with Crippen molar-refractivity contribution in [2.45, 2.75) is 12.8 Å². The molecular formula is C11H8ClF3N2O. The Morgan fingerprint density at radius 3 is 2.56 bits per heavy atom. The molecule has 0 aliphatic rings. The molecule has 0 fully saturated rings. The van der Waals surface area contributed by atoms with Crippen molar-refractivity contribution in [1.29, 1.82) is 0 Å². The minimum atomic E-state index is -4.51. The zero-order chi connectivity index (χ0) is 13.3. The van der Waals surface area contributed by atoms with E-state index in [0.29, 0.717) is 5.56 Å². The van der Waals surface area contributed by atoms with Crippen LogP contribution in [0.25, 0.3) is 5.69 Å². The lowest BCUT2D eigenvalue weighted by Gasteiger charge is -2.09. The smallest absolute Gasteiger partial charge is 0.392 e. The van der Waals surface area contributed by atoms with Crippen LogP contribution in [0.4, 0.5) is 13.2 Å². The summed E-state index contributed by atoms with van der Waals surface area (Å²) >= 11 is 5.91. The van der Waals surface area contributed by atoms with Gasteiger partial charge in [-0.3, -0.25) is 0 Å². The topological polar surface area (TPSA) is 38.0 Å². The molecule has 7 heteroatoms. The van der Waals surface area contributed by atoms with Crippen LogP contribution in [0, 0.1) is 0 Å². The second-order valence-corrected chi connectivity index (χ2v) is 3.96. The molecule has 0 saturated carbocycles. The minimum Gasteiger partial charge on any atom is -0.392 e. The fraction of sp³-hybridized carbons (Fsp3) is 0.182. The second-order valence-electron chi connectivity index (χ2n) is 3.55. The van der Waals surface area contributed by atoms with E-state index in [1.807, 2.05) is 0 Å². The van der Waals surface area contributed by atoms with Gasteiger partial charge < -0.3 is 5.11 Å². The third-order valence-corrected chi connectivity index (χ3v) is 2.65. The molecule has 2 aromatic rings. The van der Waals surface area contributed by atoms with Gasteiger partial charge in [-0.05, 0) is 12.1 Å². The molecule has 2 rings (SSSR count). The van der Waals surface area contributed by atoms with E-state index in [4.69, 9.17) is 16.7 Å². The number of para-hydroxylation sites is 1. The first-order chi connectivity index (χ1) is 8.43. The summed E-state index contributed by atoms with van der Waals surface area (Å²) in [4.78, 5) is 0. The van der Waals surface area contributed by atoms with Gasteiger partial charge in [-0.1, -0.05) is 23.7 Å². The molecule has 3 nitrogen and oxygen atoms in total. The van der Waals surface area contributed by atoms with Crippen LogP contribution in [-0.2, 0) is 12.8 Å². The van der Waals surface area contributed by atoms with Gasteiger partial charge in [0.2, 0.25) is 0 Å². The Bertz CT molecular complexity index is 566. The monoisotopic (exact) mass is 276 g/mol. The Hall–Kier alpha value is -1.53. The number of hydrogen-bond donors (Lipinski definition) is 1. The van der Waals surface area contributed by atoms with Gasteiger partial charge in [0, 0.05) is 11.8 Å². The zero-order valence-corrected chi connectivity index (χ0v) is 9.70. The number of aliphatic hydroxyl groups is 1. The predicted molar refractivity (Wildman–Crippen MR) is 59.5 cm³/mol. The van der Waals surface area contributed by atoms with Crippen molar-refractivity contribution in [3.05, 3.63) is 46.7 Å². The van der Waals surface area contributed by atoms with E-state index < -0.39 is 11.9 Å². The lowest BCUT2D eigenvalue weighted by Crippen LogP contribution is -2.08. The van der Waals surface area contributed by atoms with Crippen molar-refractivity contribution in [1.82, 2.24) is 9.78 Å². The predicted octanol–water partition coefficient (Wildman–Crippen LogP) is 3.04. The maximum Gasteiger partial charge on any atom is 0.435 e. The average Bonchev–Trinajstić information content (AvgIpc) is 2.77. The first-order valence-electron chi connectivity index (χ1n) is 4.95. The summed E-state index contributed by atoms with van der Waals surface area (Å²) in [5, 5.41) is 12.8. The third-order valence-electron chi connectivity index (χ3n) is 2.35. The number of nitrogens with zero attached hydrogens (tertiary/aromatic N) is 2. The van der Waals surface area contributed by atoms with Gasteiger partial charge >= 0.3 is 6.18 Å². The lowest BCUT2D eigenvalue weighted by atomic mass is 10.2. The quantitative estimate of drug-likeness (QED) is 0.915. The van der Waals surface area contributed by atoms with Gasteiger partial charge in [-0.25, -0.2) is 4.68 Å². The Morgan fingerprint density at radius 2 is 2.00 bits per heavy atom. The minimum absolute atomic E-state index is 0.221. The number of rotatable bonds is 2. The molecule has 0 spiro atoms. The van der Waals surface area contributed by atoms with Crippen LogP contribution in [-0.4, -0.2) is 14.9 Å². The van der Waals surface area contributed by atoms with E-state index in [1.54, 1.807) is 12.1 Å². The van der Waals surface area contributed by atoms with Crippen molar-refractivity contribution in [3.8, 4) is 5.69 Å². The molecule has 1 heterocycles. The zero-order valence-electron chi connectivity index (χ0n) is 8.95. The highest BCUT2D eigenvalue weighted by atomic mass is 35.5. The number of benzene rings is 1. The number of aliphatic hydroxyl groups excluding tert-OH is 1. The van der Waals surface area contributed by atoms with Crippen LogP contribution < -0.4 is 0 Å². The Labute approximate surface area is 105 Å². The number of aromatic nitrogens is 2. The van der Waals surface area contributed by atoms with Crippen LogP contribution in [0.5, 0.6) is 0 Å². The second kappa shape index (κ2) is 4.62. The molecular weight excluding hydrogens is 269 g/mol. The van der Waals surface area contributed by atoms with Crippen molar-refractivity contribution in [3.63, 3.8) is 0 Å². The van der Waals surface area contributed by atoms with Crippen LogP contribution in [0.3, 0.4) is 0 Å². The van der Waals surface area contributed by atoms with Gasteiger partial charge in [0.15, 0.2) is 5.69 Å². The number of alkyl halides is 3. The van der Waals surface area contributed by atoms with Crippen LogP contribution in [0.2, 0.25) is 5.02 Å². The van der Waals surface area contributed by atoms with Gasteiger partial charge in [-0.15, -0.1) is 0 Å². The van der Waals surface area contributed by atoms with Gasteiger partial charge in [0.05, 0.1) is 17.3 Å². The van der Waals surface area contributed by atoms with E-state index in [1.165, 1.54) is 6.07 Å². The molecule has 0 bridgehead atoms. The molecule has 0 radical (unpaired) electrons.